The number of ketones is 1. The van der Waals surface area contributed by atoms with E-state index in [-0.39, 0.29) is 11.3 Å². The van der Waals surface area contributed by atoms with Gasteiger partial charge in [0.15, 0.2) is 0 Å². The lowest BCUT2D eigenvalue weighted by atomic mass is 10.1. The van der Waals surface area contributed by atoms with Crippen LogP contribution in [0.3, 0.4) is 0 Å². The molecule has 0 unspecified atom stereocenters. The number of nitrogens with two attached hydrogens (primary N) is 1. The molecule has 0 spiro atoms. The minimum atomic E-state index is -0.525. The Balaban J connectivity index is 2.57. The number of aryl methyl sites for hydroxylation is 1. The van der Waals surface area contributed by atoms with Gasteiger partial charge in [-0.25, -0.2) is 4.39 Å². The van der Waals surface area contributed by atoms with Crippen molar-refractivity contribution in [1.82, 2.24) is 4.57 Å². The maximum Gasteiger partial charge on any atom is 0.214 e. The highest BCUT2D eigenvalue weighted by Gasteiger charge is 2.21. The molecule has 0 fully saturated rings. The van der Waals surface area contributed by atoms with Gasteiger partial charge in [-0.05, 0) is 32.0 Å². The van der Waals surface area contributed by atoms with Crippen molar-refractivity contribution in [1.29, 1.82) is 0 Å². The number of carbonyl (C=O) groups is 1. The number of anilines is 1. The number of hydrogen-bond acceptors (Lipinski definition) is 2. The molecule has 3 nitrogen and oxygen atoms in total. The highest BCUT2D eigenvalue weighted by Crippen LogP contribution is 2.22. The van der Waals surface area contributed by atoms with Crippen molar-refractivity contribution in [3.63, 3.8) is 0 Å². The molecule has 1 aromatic carbocycles. The molecule has 0 bridgehead atoms. The fourth-order valence-corrected chi connectivity index (χ4v) is 2.14. The van der Waals surface area contributed by atoms with Crippen LogP contribution in [-0.2, 0) is 6.54 Å². The van der Waals surface area contributed by atoms with Crippen molar-refractivity contribution >= 4 is 11.5 Å². The summed E-state index contributed by atoms with van der Waals surface area (Å²) in [6.45, 7) is 4.42. The first-order valence-corrected chi connectivity index (χ1v) is 5.81. The normalized spacial score (nSPS) is 10.6. The van der Waals surface area contributed by atoms with Crippen molar-refractivity contribution in [3.05, 3.63) is 53.1 Å². The van der Waals surface area contributed by atoms with Gasteiger partial charge in [0, 0.05) is 12.2 Å². The zero-order valence-electron chi connectivity index (χ0n) is 10.4. The second kappa shape index (κ2) is 4.64. The molecule has 0 atom stereocenters. The largest absolute Gasteiger partial charge is 0.397 e. The Labute approximate surface area is 105 Å². The Morgan fingerprint density at radius 3 is 2.67 bits per heavy atom. The third-order valence-electron chi connectivity index (χ3n) is 2.98. The maximum absolute atomic E-state index is 13.6. The summed E-state index contributed by atoms with van der Waals surface area (Å²) in [4.78, 5) is 12.3. The van der Waals surface area contributed by atoms with Crippen LogP contribution in [0.1, 0.15) is 28.7 Å². The first kappa shape index (κ1) is 12.4. The monoisotopic (exact) mass is 246 g/mol. The molecule has 2 rings (SSSR count). The minimum Gasteiger partial charge on any atom is -0.397 e. The molecule has 4 heteroatoms. The van der Waals surface area contributed by atoms with Gasteiger partial charge in [-0.3, -0.25) is 4.79 Å². The molecule has 0 amide bonds. The Bertz CT molecular complexity index is 602. The lowest BCUT2D eigenvalue weighted by Gasteiger charge is -2.09. The average molecular weight is 246 g/mol. The average Bonchev–Trinajstić information content (AvgIpc) is 2.63. The topological polar surface area (TPSA) is 48.0 Å². The number of aromatic nitrogens is 1. The van der Waals surface area contributed by atoms with Crippen LogP contribution >= 0.6 is 0 Å². The first-order valence-electron chi connectivity index (χ1n) is 5.81. The number of hydrogen-bond donors (Lipinski definition) is 1. The molecule has 2 aromatic rings. The first-order chi connectivity index (χ1) is 8.56. The summed E-state index contributed by atoms with van der Waals surface area (Å²) in [6.07, 6.45) is 0. The van der Waals surface area contributed by atoms with E-state index in [1.54, 1.807) is 22.8 Å². The number of nitrogens with zero attached hydrogens (tertiary/aromatic N) is 1. The van der Waals surface area contributed by atoms with Crippen LogP contribution in [0, 0.1) is 12.7 Å². The molecule has 2 N–H and O–H groups in total. The molecule has 0 aliphatic heterocycles. The van der Waals surface area contributed by atoms with Gasteiger partial charge in [0.1, 0.15) is 11.5 Å². The standard InChI is InChI=1S/C14H15FN2O/c1-3-17-9(2)8-12(16)13(17)14(18)10-6-4-5-7-11(10)15/h4-8H,3,16H2,1-2H3. The van der Waals surface area contributed by atoms with Gasteiger partial charge in [-0.2, -0.15) is 0 Å². The van der Waals surface area contributed by atoms with Crippen LogP contribution in [0.25, 0.3) is 0 Å². The Morgan fingerprint density at radius 2 is 2.06 bits per heavy atom. The molecule has 0 aliphatic rings. The van der Waals surface area contributed by atoms with Crippen LogP contribution in [0.2, 0.25) is 0 Å². The zero-order chi connectivity index (χ0) is 13.3. The van der Waals surface area contributed by atoms with E-state index in [1.165, 1.54) is 12.1 Å². The Hall–Kier alpha value is -2.10. The van der Waals surface area contributed by atoms with Crippen LogP contribution in [0.15, 0.2) is 30.3 Å². The van der Waals surface area contributed by atoms with Gasteiger partial charge < -0.3 is 10.3 Å². The van der Waals surface area contributed by atoms with Crippen molar-refractivity contribution < 1.29 is 9.18 Å². The molecule has 1 heterocycles. The van der Waals surface area contributed by atoms with E-state index >= 15 is 0 Å². The molecule has 94 valence electrons. The van der Waals surface area contributed by atoms with Gasteiger partial charge >= 0.3 is 0 Å². The fraction of sp³-hybridized carbons (Fsp3) is 0.214. The number of carbonyl (C=O) groups excluding carboxylic acids is 1. The van der Waals surface area contributed by atoms with Crippen molar-refractivity contribution in [2.45, 2.75) is 20.4 Å². The summed E-state index contributed by atoms with van der Waals surface area (Å²) in [7, 11) is 0. The van der Waals surface area contributed by atoms with Crippen molar-refractivity contribution in [2.75, 3.05) is 5.73 Å². The van der Waals surface area contributed by atoms with E-state index in [4.69, 9.17) is 5.73 Å². The van der Waals surface area contributed by atoms with Crippen LogP contribution in [-0.4, -0.2) is 10.4 Å². The summed E-state index contributed by atoms with van der Waals surface area (Å²) in [5, 5.41) is 0. The SMILES string of the molecule is CCn1c(C)cc(N)c1C(=O)c1ccccc1F. The summed E-state index contributed by atoms with van der Waals surface area (Å²) < 4.78 is 15.4. The lowest BCUT2D eigenvalue weighted by molar-refractivity contribution is 0.102. The van der Waals surface area contributed by atoms with E-state index in [0.29, 0.717) is 17.9 Å². The van der Waals surface area contributed by atoms with E-state index in [9.17, 15) is 9.18 Å². The summed E-state index contributed by atoms with van der Waals surface area (Å²) in [5.41, 5.74) is 7.55. The summed E-state index contributed by atoms with van der Waals surface area (Å²) in [6, 6.07) is 7.67. The molecular weight excluding hydrogens is 231 g/mol. The van der Waals surface area contributed by atoms with E-state index in [0.717, 1.165) is 5.69 Å². The molecular formula is C14H15FN2O. The molecule has 0 aliphatic carbocycles. The maximum atomic E-state index is 13.6. The van der Waals surface area contributed by atoms with Crippen LogP contribution in [0.4, 0.5) is 10.1 Å². The van der Waals surface area contributed by atoms with Gasteiger partial charge in [0.2, 0.25) is 5.78 Å². The van der Waals surface area contributed by atoms with Crippen LogP contribution in [0.5, 0.6) is 0 Å². The highest BCUT2D eigenvalue weighted by molar-refractivity contribution is 6.11. The summed E-state index contributed by atoms with van der Waals surface area (Å²) >= 11 is 0. The van der Waals surface area contributed by atoms with Crippen molar-refractivity contribution in [2.24, 2.45) is 0 Å². The molecule has 18 heavy (non-hydrogen) atoms. The molecule has 1 aromatic heterocycles. The second-order valence-electron chi connectivity index (χ2n) is 4.14. The van der Waals surface area contributed by atoms with Crippen LogP contribution < -0.4 is 5.73 Å². The minimum absolute atomic E-state index is 0.0528. The Morgan fingerprint density at radius 1 is 1.39 bits per heavy atom. The van der Waals surface area contributed by atoms with Crippen molar-refractivity contribution in [3.8, 4) is 0 Å². The quantitative estimate of drug-likeness (QED) is 0.846. The number of rotatable bonds is 3. The smallest absolute Gasteiger partial charge is 0.214 e. The summed E-state index contributed by atoms with van der Waals surface area (Å²) in [5.74, 6) is -0.899. The number of benzene rings is 1. The predicted molar refractivity (Wildman–Crippen MR) is 69.1 cm³/mol. The van der Waals surface area contributed by atoms with E-state index < -0.39 is 5.82 Å². The third-order valence-corrected chi connectivity index (χ3v) is 2.98. The lowest BCUT2D eigenvalue weighted by Crippen LogP contribution is -2.13. The predicted octanol–water partition coefficient (Wildman–Crippen LogP) is 2.77. The van der Waals surface area contributed by atoms with E-state index in [1.807, 2.05) is 13.8 Å². The van der Waals surface area contributed by atoms with Gasteiger partial charge in [0.05, 0.1) is 11.3 Å². The Kier molecular flexibility index (Phi) is 3.19. The third kappa shape index (κ3) is 1.90. The number of nitrogen functional groups attached to an aromatic ring is 1. The second-order valence-corrected chi connectivity index (χ2v) is 4.14. The van der Waals surface area contributed by atoms with Gasteiger partial charge in [-0.1, -0.05) is 12.1 Å². The zero-order valence-corrected chi connectivity index (χ0v) is 10.4. The molecule has 0 radical (unpaired) electrons. The fourth-order valence-electron chi connectivity index (χ4n) is 2.14. The van der Waals surface area contributed by atoms with Gasteiger partial charge in [0.25, 0.3) is 0 Å². The van der Waals surface area contributed by atoms with E-state index in [2.05, 4.69) is 0 Å². The number of halogens is 1. The molecule has 0 saturated carbocycles. The highest BCUT2D eigenvalue weighted by atomic mass is 19.1. The molecule has 0 saturated heterocycles. The van der Waals surface area contributed by atoms with Gasteiger partial charge in [-0.15, -0.1) is 0 Å².